The molecule has 2 aromatic rings. The van der Waals surface area contributed by atoms with Crippen LogP contribution in [-0.4, -0.2) is 31.1 Å². The van der Waals surface area contributed by atoms with Gasteiger partial charge in [0.25, 0.3) is 0 Å². The van der Waals surface area contributed by atoms with Crippen LogP contribution in [0, 0.1) is 0 Å². The highest BCUT2D eigenvalue weighted by molar-refractivity contribution is 5.90. The highest BCUT2D eigenvalue weighted by Gasteiger charge is 2.07. The van der Waals surface area contributed by atoms with Crippen molar-refractivity contribution < 1.29 is 15.0 Å². The molecule has 0 amide bonds. The molecule has 0 saturated carbocycles. The van der Waals surface area contributed by atoms with Gasteiger partial charge in [0.1, 0.15) is 12.4 Å². The average Bonchev–Trinajstić information content (AvgIpc) is 2.58. The number of hydrogen-bond donors (Lipinski definition) is 3. The van der Waals surface area contributed by atoms with Crippen LogP contribution in [0.15, 0.2) is 12.3 Å². The number of imidazole rings is 1. The second kappa shape index (κ2) is 3.08. The number of nitrogens with one attached hydrogen (secondary N) is 1. The van der Waals surface area contributed by atoms with Crippen LogP contribution in [-0.2, 0) is 6.61 Å². The van der Waals surface area contributed by atoms with Crippen LogP contribution >= 0.6 is 0 Å². The predicted molar refractivity (Wildman–Crippen MR) is 46.8 cm³/mol. The Morgan fingerprint density at radius 1 is 1.57 bits per heavy atom. The number of hydrogen-bond acceptors (Lipinski definition) is 4. The number of carbonyl (C=O) groups is 1. The summed E-state index contributed by atoms with van der Waals surface area (Å²) in [7, 11) is 0. The fourth-order valence-electron chi connectivity index (χ4n) is 1.14. The molecule has 0 radical (unpaired) electrons. The second-order valence-corrected chi connectivity index (χ2v) is 2.74. The SMILES string of the molecule is O=C(O)c1cnc2nc(CO)[nH]c2c1. The van der Waals surface area contributed by atoms with E-state index < -0.39 is 5.97 Å². The summed E-state index contributed by atoms with van der Waals surface area (Å²) in [4.78, 5) is 21.1. The predicted octanol–water partition coefficient (Wildman–Crippen LogP) is 0.148. The molecule has 2 rings (SSSR count). The van der Waals surface area contributed by atoms with Crippen LogP contribution in [0.1, 0.15) is 16.2 Å². The summed E-state index contributed by atoms with van der Waals surface area (Å²) in [6, 6.07) is 1.43. The van der Waals surface area contributed by atoms with Crippen molar-refractivity contribution in [1.82, 2.24) is 15.0 Å². The van der Waals surface area contributed by atoms with E-state index in [1.807, 2.05) is 0 Å². The number of aromatic nitrogens is 3. The summed E-state index contributed by atoms with van der Waals surface area (Å²) in [5.41, 5.74) is 0.999. The molecule has 2 aromatic heterocycles. The van der Waals surface area contributed by atoms with Gasteiger partial charge in [0.2, 0.25) is 0 Å². The summed E-state index contributed by atoms with van der Waals surface area (Å²) in [5.74, 6) is -0.672. The molecule has 72 valence electrons. The number of H-pyrrole nitrogens is 1. The first-order chi connectivity index (χ1) is 6.70. The summed E-state index contributed by atoms with van der Waals surface area (Å²) >= 11 is 0. The van der Waals surface area contributed by atoms with Crippen molar-refractivity contribution in [2.24, 2.45) is 0 Å². The van der Waals surface area contributed by atoms with Crippen LogP contribution in [0.3, 0.4) is 0 Å². The molecule has 0 aliphatic heterocycles. The van der Waals surface area contributed by atoms with E-state index in [0.717, 1.165) is 0 Å². The first-order valence-electron chi connectivity index (χ1n) is 3.89. The Morgan fingerprint density at radius 3 is 3.00 bits per heavy atom. The number of rotatable bonds is 2. The lowest BCUT2D eigenvalue weighted by atomic mass is 10.3. The van der Waals surface area contributed by atoms with Crippen LogP contribution < -0.4 is 0 Å². The van der Waals surface area contributed by atoms with E-state index in [0.29, 0.717) is 17.0 Å². The molecule has 0 bridgehead atoms. The third-order valence-electron chi connectivity index (χ3n) is 1.78. The van der Waals surface area contributed by atoms with Gasteiger partial charge in [0, 0.05) is 6.20 Å². The quantitative estimate of drug-likeness (QED) is 0.630. The van der Waals surface area contributed by atoms with Gasteiger partial charge in [0.05, 0.1) is 11.1 Å². The van der Waals surface area contributed by atoms with Gasteiger partial charge in [-0.25, -0.2) is 14.8 Å². The Kier molecular flexibility index (Phi) is 1.90. The number of carboxylic acid groups (broad SMARTS) is 1. The van der Waals surface area contributed by atoms with Crippen LogP contribution in [0.4, 0.5) is 0 Å². The minimum absolute atomic E-state index is 0.0886. The number of aliphatic hydroxyl groups excluding tert-OH is 1. The van der Waals surface area contributed by atoms with E-state index in [1.165, 1.54) is 12.3 Å². The maximum Gasteiger partial charge on any atom is 0.337 e. The lowest BCUT2D eigenvalue weighted by Gasteiger charge is -1.91. The minimum Gasteiger partial charge on any atom is -0.478 e. The normalized spacial score (nSPS) is 10.6. The van der Waals surface area contributed by atoms with Crippen molar-refractivity contribution in [3.05, 3.63) is 23.7 Å². The van der Waals surface area contributed by atoms with Gasteiger partial charge in [-0.2, -0.15) is 0 Å². The Bertz CT molecular complexity index is 492. The molecule has 0 spiro atoms. The van der Waals surface area contributed by atoms with Crippen molar-refractivity contribution in [2.75, 3.05) is 0 Å². The Morgan fingerprint density at radius 2 is 2.36 bits per heavy atom. The molecule has 0 aromatic carbocycles. The zero-order chi connectivity index (χ0) is 10.1. The van der Waals surface area contributed by atoms with Crippen molar-refractivity contribution in [3.63, 3.8) is 0 Å². The standard InChI is InChI=1S/C8H7N3O3/c12-3-6-10-5-1-4(8(13)14)2-9-7(5)11-6/h1-2,12H,3H2,(H,13,14)(H,9,10,11). The Labute approximate surface area is 78.2 Å². The Hall–Kier alpha value is -1.95. The van der Waals surface area contributed by atoms with Gasteiger partial charge in [-0.05, 0) is 6.07 Å². The van der Waals surface area contributed by atoms with Crippen molar-refractivity contribution in [2.45, 2.75) is 6.61 Å². The van der Waals surface area contributed by atoms with Gasteiger partial charge in [-0.3, -0.25) is 0 Å². The fraction of sp³-hybridized carbons (Fsp3) is 0.125. The first kappa shape index (κ1) is 8.64. The monoisotopic (exact) mass is 193 g/mol. The average molecular weight is 193 g/mol. The van der Waals surface area contributed by atoms with E-state index in [-0.39, 0.29) is 12.2 Å². The molecule has 2 heterocycles. The molecule has 6 nitrogen and oxygen atoms in total. The van der Waals surface area contributed by atoms with E-state index >= 15 is 0 Å². The van der Waals surface area contributed by atoms with E-state index in [9.17, 15) is 4.79 Å². The maximum atomic E-state index is 10.6. The zero-order valence-electron chi connectivity index (χ0n) is 7.06. The van der Waals surface area contributed by atoms with Crippen molar-refractivity contribution >= 4 is 17.1 Å². The first-order valence-corrected chi connectivity index (χ1v) is 3.89. The molecule has 0 unspecified atom stereocenters. The number of pyridine rings is 1. The van der Waals surface area contributed by atoms with Gasteiger partial charge >= 0.3 is 5.97 Å². The van der Waals surface area contributed by atoms with Gasteiger partial charge in [0.15, 0.2) is 5.65 Å². The number of nitrogens with zero attached hydrogens (tertiary/aromatic N) is 2. The molecule has 0 aliphatic carbocycles. The van der Waals surface area contributed by atoms with Crippen molar-refractivity contribution in [1.29, 1.82) is 0 Å². The molecule has 0 saturated heterocycles. The summed E-state index contributed by atoms with van der Waals surface area (Å²) in [6.07, 6.45) is 1.23. The van der Waals surface area contributed by atoms with Crippen LogP contribution in [0.5, 0.6) is 0 Å². The zero-order valence-corrected chi connectivity index (χ0v) is 7.06. The number of aromatic carboxylic acids is 1. The lowest BCUT2D eigenvalue weighted by Crippen LogP contribution is -1.96. The van der Waals surface area contributed by atoms with Crippen molar-refractivity contribution in [3.8, 4) is 0 Å². The molecule has 14 heavy (non-hydrogen) atoms. The Balaban J connectivity index is 2.59. The summed E-state index contributed by atoms with van der Waals surface area (Å²) in [6.45, 7) is -0.223. The number of fused-ring (bicyclic) bond motifs is 1. The highest BCUT2D eigenvalue weighted by Crippen LogP contribution is 2.10. The van der Waals surface area contributed by atoms with Gasteiger partial charge < -0.3 is 15.2 Å². The largest absolute Gasteiger partial charge is 0.478 e. The molecule has 0 aliphatic rings. The summed E-state index contributed by atoms with van der Waals surface area (Å²) < 4.78 is 0. The number of carboxylic acids is 1. The van der Waals surface area contributed by atoms with Gasteiger partial charge in [-0.1, -0.05) is 0 Å². The lowest BCUT2D eigenvalue weighted by molar-refractivity contribution is 0.0696. The fourth-order valence-corrected chi connectivity index (χ4v) is 1.14. The molecule has 0 atom stereocenters. The number of aliphatic hydroxyl groups is 1. The second-order valence-electron chi connectivity index (χ2n) is 2.74. The minimum atomic E-state index is -1.04. The molecular weight excluding hydrogens is 186 g/mol. The van der Waals surface area contributed by atoms with Crippen LogP contribution in [0.2, 0.25) is 0 Å². The van der Waals surface area contributed by atoms with Gasteiger partial charge in [-0.15, -0.1) is 0 Å². The number of aromatic amines is 1. The molecule has 3 N–H and O–H groups in total. The third-order valence-corrected chi connectivity index (χ3v) is 1.78. The molecular formula is C8H7N3O3. The maximum absolute atomic E-state index is 10.6. The summed E-state index contributed by atoms with van der Waals surface area (Å²) in [5, 5.41) is 17.5. The molecule has 6 heteroatoms. The van der Waals surface area contributed by atoms with Crippen LogP contribution in [0.25, 0.3) is 11.2 Å². The smallest absolute Gasteiger partial charge is 0.337 e. The van der Waals surface area contributed by atoms with E-state index in [2.05, 4.69) is 15.0 Å². The topological polar surface area (TPSA) is 99.1 Å². The molecule has 0 fully saturated rings. The highest BCUT2D eigenvalue weighted by atomic mass is 16.4. The van der Waals surface area contributed by atoms with E-state index in [1.54, 1.807) is 0 Å². The van der Waals surface area contributed by atoms with E-state index in [4.69, 9.17) is 10.2 Å². The third kappa shape index (κ3) is 1.31.